The molecule has 8 heteroatoms. The minimum absolute atomic E-state index is 0.0949. The molecule has 2 aromatic rings. The summed E-state index contributed by atoms with van der Waals surface area (Å²) in [5.74, 6) is -1.16. The van der Waals surface area contributed by atoms with Crippen LogP contribution in [-0.2, 0) is 28.3 Å². The SMILES string of the molecule is CC(=O)OCC1O[C@@H](SC(C)(C)C)C(OP(c2ccccc2)c2ccccc2)C2OC(C)(C)O[C@@H]12. The molecule has 2 aliphatic rings. The normalized spacial score (nSPS) is 28.0. The Labute approximate surface area is 213 Å². The average molecular weight is 519 g/mol. The van der Waals surface area contributed by atoms with Crippen LogP contribution in [-0.4, -0.2) is 53.0 Å². The van der Waals surface area contributed by atoms with Crippen molar-refractivity contribution < 1.29 is 28.3 Å². The van der Waals surface area contributed by atoms with E-state index in [4.69, 9.17) is 23.5 Å². The van der Waals surface area contributed by atoms with Gasteiger partial charge in [0.05, 0.1) is 8.15 Å². The van der Waals surface area contributed by atoms with Gasteiger partial charge in [0.25, 0.3) is 0 Å². The van der Waals surface area contributed by atoms with Gasteiger partial charge in [0, 0.05) is 22.3 Å². The van der Waals surface area contributed by atoms with Crippen molar-refractivity contribution in [1.29, 1.82) is 0 Å². The zero-order chi connectivity index (χ0) is 25.2. The zero-order valence-corrected chi connectivity index (χ0v) is 22.9. The Morgan fingerprint density at radius 2 is 1.51 bits per heavy atom. The van der Waals surface area contributed by atoms with Crippen molar-refractivity contribution in [2.45, 2.75) is 81.9 Å². The van der Waals surface area contributed by atoms with Crippen LogP contribution in [0.25, 0.3) is 0 Å². The highest BCUT2D eigenvalue weighted by Gasteiger charge is 2.57. The summed E-state index contributed by atoms with van der Waals surface area (Å²) in [7, 11) is -1.14. The van der Waals surface area contributed by atoms with Crippen LogP contribution in [0.4, 0.5) is 0 Å². The Hall–Kier alpha value is -1.47. The third kappa shape index (κ3) is 6.85. The fourth-order valence-corrected chi connectivity index (χ4v) is 7.47. The Balaban J connectivity index is 1.71. The number of ether oxygens (including phenoxy) is 4. The Morgan fingerprint density at radius 1 is 0.971 bits per heavy atom. The summed E-state index contributed by atoms with van der Waals surface area (Å²) >= 11 is 1.69. The summed E-state index contributed by atoms with van der Waals surface area (Å²) in [5.41, 5.74) is -0.341. The van der Waals surface area contributed by atoms with Gasteiger partial charge in [-0.25, -0.2) is 0 Å². The molecule has 0 spiro atoms. The average Bonchev–Trinajstić information content (AvgIpc) is 3.12. The molecule has 0 bridgehead atoms. The second kappa shape index (κ2) is 10.9. The predicted octanol–water partition coefficient (Wildman–Crippen LogP) is 4.76. The topological polar surface area (TPSA) is 63.2 Å². The molecule has 0 aromatic heterocycles. The molecule has 2 aliphatic heterocycles. The van der Waals surface area contributed by atoms with Crippen molar-refractivity contribution in [2.75, 3.05) is 6.61 Å². The molecule has 0 aliphatic carbocycles. The summed E-state index contributed by atoms with van der Waals surface area (Å²) < 4.78 is 31.6. The standard InChI is InChI=1S/C27H35O6PS/c1-18(28)29-17-21-22-23(32-27(5,6)31-22)24(25(30-21)35-26(2,3)4)33-34(19-13-9-7-10-14-19)20-15-11-8-12-16-20/h7-16,21-25H,17H2,1-6H3/t21?,22-,23?,24?,25-/m0/s1. The van der Waals surface area contributed by atoms with Crippen LogP contribution >= 0.6 is 19.9 Å². The van der Waals surface area contributed by atoms with Crippen LogP contribution in [0.5, 0.6) is 0 Å². The molecule has 2 fully saturated rings. The molecule has 0 saturated carbocycles. The molecule has 5 atom stereocenters. The smallest absolute Gasteiger partial charge is 0.302 e. The maximum atomic E-state index is 11.6. The molecular weight excluding hydrogens is 483 g/mol. The summed E-state index contributed by atoms with van der Waals surface area (Å²) in [4.78, 5) is 11.6. The number of benzene rings is 2. The number of rotatable bonds is 7. The Bertz CT molecular complexity index is 941. The van der Waals surface area contributed by atoms with E-state index >= 15 is 0 Å². The Kier molecular flexibility index (Phi) is 8.26. The van der Waals surface area contributed by atoms with Gasteiger partial charge in [0.2, 0.25) is 0 Å². The largest absolute Gasteiger partial charge is 0.463 e. The van der Waals surface area contributed by atoms with Gasteiger partial charge in [0.15, 0.2) is 5.79 Å². The van der Waals surface area contributed by atoms with Gasteiger partial charge < -0.3 is 23.5 Å². The van der Waals surface area contributed by atoms with Crippen molar-refractivity contribution in [3.05, 3.63) is 60.7 Å². The quantitative estimate of drug-likeness (QED) is 0.387. The van der Waals surface area contributed by atoms with Gasteiger partial charge in [0.1, 0.15) is 36.5 Å². The molecule has 2 aromatic carbocycles. The van der Waals surface area contributed by atoms with Gasteiger partial charge in [-0.3, -0.25) is 4.79 Å². The van der Waals surface area contributed by atoms with Crippen LogP contribution in [0.15, 0.2) is 60.7 Å². The van der Waals surface area contributed by atoms with Gasteiger partial charge in [-0.15, -0.1) is 11.8 Å². The van der Waals surface area contributed by atoms with Crippen molar-refractivity contribution in [3.8, 4) is 0 Å². The van der Waals surface area contributed by atoms with E-state index in [0.29, 0.717) is 0 Å². The summed E-state index contributed by atoms with van der Waals surface area (Å²) in [6, 6.07) is 20.6. The lowest BCUT2D eigenvalue weighted by Gasteiger charge is -2.44. The van der Waals surface area contributed by atoms with E-state index in [2.05, 4.69) is 45.0 Å². The van der Waals surface area contributed by atoms with Gasteiger partial charge in [-0.05, 0) is 13.8 Å². The number of thioether (sulfide) groups is 1. The minimum atomic E-state index is -1.14. The highest BCUT2D eigenvalue weighted by Crippen LogP contribution is 2.48. The third-order valence-electron chi connectivity index (χ3n) is 5.56. The molecule has 190 valence electrons. The molecule has 3 unspecified atom stereocenters. The summed E-state index contributed by atoms with van der Waals surface area (Å²) in [6.07, 6.45) is -1.65. The number of hydrogen-bond acceptors (Lipinski definition) is 7. The maximum absolute atomic E-state index is 11.6. The fraction of sp³-hybridized carbons (Fsp3) is 0.519. The number of hydrogen-bond donors (Lipinski definition) is 0. The van der Waals surface area contributed by atoms with Crippen molar-refractivity contribution >= 4 is 36.5 Å². The molecule has 4 rings (SSSR count). The summed E-state index contributed by atoms with van der Waals surface area (Å²) in [5, 5.41) is 2.23. The first-order chi connectivity index (χ1) is 16.5. The van der Waals surface area contributed by atoms with Gasteiger partial charge in [-0.2, -0.15) is 0 Å². The molecule has 2 heterocycles. The molecular formula is C27H35O6PS. The molecule has 0 radical (unpaired) electrons. The monoisotopic (exact) mass is 518 g/mol. The van der Waals surface area contributed by atoms with E-state index in [1.165, 1.54) is 6.92 Å². The van der Waals surface area contributed by atoms with E-state index < -0.39 is 32.2 Å². The third-order valence-corrected chi connectivity index (χ3v) is 8.87. The number of fused-ring (bicyclic) bond motifs is 1. The van der Waals surface area contributed by atoms with E-state index in [1.54, 1.807) is 11.8 Å². The van der Waals surface area contributed by atoms with Gasteiger partial charge >= 0.3 is 5.97 Å². The molecule has 6 nitrogen and oxygen atoms in total. The van der Waals surface area contributed by atoms with Crippen LogP contribution in [0.1, 0.15) is 41.5 Å². The lowest BCUT2D eigenvalue weighted by molar-refractivity contribution is -0.175. The first-order valence-corrected chi connectivity index (χ1v) is 14.1. The summed E-state index contributed by atoms with van der Waals surface area (Å²) in [6.45, 7) is 11.8. The molecule has 0 amide bonds. The maximum Gasteiger partial charge on any atom is 0.302 e. The van der Waals surface area contributed by atoms with Crippen LogP contribution in [0.3, 0.4) is 0 Å². The van der Waals surface area contributed by atoms with Crippen molar-refractivity contribution in [1.82, 2.24) is 0 Å². The van der Waals surface area contributed by atoms with Crippen molar-refractivity contribution in [2.24, 2.45) is 0 Å². The van der Waals surface area contributed by atoms with Crippen LogP contribution in [0.2, 0.25) is 0 Å². The highest BCUT2D eigenvalue weighted by atomic mass is 32.2. The molecule has 35 heavy (non-hydrogen) atoms. The van der Waals surface area contributed by atoms with Gasteiger partial charge in [-0.1, -0.05) is 81.4 Å². The van der Waals surface area contributed by atoms with Crippen LogP contribution in [0, 0.1) is 0 Å². The fourth-order valence-electron chi connectivity index (χ4n) is 4.25. The van der Waals surface area contributed by atoms with E-state index in [1.807, 2.05) is 50.2 Å². The molecule has 2 saturated heterocycles. The second-order valence-corrected chi connectivity index (χ2v) is 13.9. The van der Waals surface area contributed by atoms with E-state index in [9.17, 15) is 4.79 Å². The number of carbonyl (C=O) groups excluding carboxylic acids is 1. The first kappa shape index (κ1) is 26.6. The van der Waals surface area contributed by atoms with E-state index in [-0.39, 0.29) is 28.9 Å². The van der Waals surface area contributed by atoms with Crippen molar-refractivity contribution in [3.63, 3.8) is 0 Å². The lowest BCUT2D eigenvalue weighted by Crippen LogP contribution is -2.58. The highest BCUT2D eigenvalue weighted by molar-refractivity contribution is 8.01. The molecule has 0 N–H and O–H groups in total. The number of esters is 1. The zero-order valence-electron chi connectivity index (χ0n) is 21.2. The minimum Gasteiger partial charge on any atom is -0.463 e. The Morgan fingerprint density at radius 3 is 2.03 bits per heavy atom. The first-order valence-electron chi connectivity index (χ1n) is 11.9. The van der Waals surface area contributed by atoms with Crippen LogP contribution < -0.4 is 10.6 Å². The predicted molar refractivity (Wildman–Crippen MR) is 140 cm³/mol. The number of carbonyl (C=O) groups is 1. The second-order valence-electron chi connectivity index (χ2n) is 10.2. The lowest BCUT2D eigenvalue weighted by atomic mass is 10.0. The van der Waals surface area contributed by atoms with E-state index in [0.717, 1.165) is 10.6 Å².